The molecule has 12 nitrogen and oxygen atoms in total. The average Bonchev–Trinajstić information content (AvgIpc) is 3.90. The largest absolute Gasteiger partial charge is 0.366 e. The molecule has 45 heavy (non-hydrogen) atoms. The molecule has 1 N–H and O–H groups in total. The Morgan fingerprint density at radius 2 is 1.69 bits per heavy atom. The maximum Gasteiger partial charge on any atom is 0.363 e. The van der Waals surface area contributed by atoms with E-state index in [0.717, 1.165) is 61.3 Å². The van der Waals surface area contributed by atoms with Crippen molar-refractivity contribution in [3.05, 3.63) is 75.3 Å². The predicted molar refractivity (Wildman–Crippen MR) is 175 cm³/mol. The first-order valence-corrected chi connectivity index (χ1v) is 15.9. The predicted octanol–water partition coefficient (Wildman–Crippen LogP) is 4.47. The van der Waals surface area contributed by atoms with E-state index < -0.39 is 16.9 Å². The summed E-state index contributed by atoms with van der Waals surface area (Å²) in [6, 6.07) is 8.48. The Kier molecular flexibility index (Phi) is 9.96. The summed E-state index contributed by atoms with van der Waals surface area (Å²) in [6.07, 6.45) is 5.93. The number of hydrogen-bond acceptors (Lipinski definition) is 8. The Morgan fingerprint density at radius 1 is 1.04 bits per heavy atom. The number of aromatic nitrogens is 3. The Balaban J connectivity index is 0.000000612. The summed E-state index contributed by atoms with van der Waals surface area (Å²) in [5, 5.41) is 13.3. The van der Waals surface area contributed by atoms with Gasteiger partial charge in [-0.3, -0.25) is 28.9 Å². The van der Waals surface area contributed by atoms with Gasteiger partial charge in [-0.2, -0.15) is 0 Å². The van der Waals surface area contributed by atoms with Crippen LogP contribution in [0.1, 0.15) is 71.9 Å². The number of allylic oxidation sites excluding steroid dienone is 1. The topological polar surface area (TPSA) is 136 Å². The lowest BCUT2D eigenvalue weighted by Crippen LogP contribution is -2.49. The minimum absolute atomic E-state index is 0.00473. The molecule has 2 aliphatic heterocycles. The fourth-order valence-corrected chi connectivity index (χ4v) is 6.95. The summed E-state index contributed by atoms with van der Waals surface area (Å²) in [5.74, 6) is -0.875. The normalized spacial score (nSPS) is 24.8. The number of piperazine rings is 1. The van der Waals surface area contributed by atoms with Crippen LogP contribution in [0.5, 0.6) is 0 Å². The van der Waals surface area contributed by atoms with Gasteiger partial charge in [0.1, 0.15) is 6.04 Å². The first kappa shape index (κ1) is 33.6. The molecule has 2 saturated carbocycles. The molecular weight excluding hydrogens is 574 g/mol. The second kappa shape index (κ2) is 13.4. The molecule has 2 saturated heterocycles. The summed E-state index contributed by atoms with van der Waals surface area (Å²) < 4.78 is 3.21. The van der Waals surface area contributed by atoms with Crippen molar-refractivity contribution in [2.45, 2.75) is 77.3 Å². The van der Waals surface area contributed by atoms with E-state index in [0.29, 0.717) is 6.42 Å². The molecule has 0 radical (unpaired) electrons. The Bertz CT molecular complexity index is 1630. The van der Waals surface area contributed by atoms with Crippen molar-refractivity contribution in [3.63, 3.8) is 0 Å². The number of amides is 2. The summed E-state index contributed by atoms with van der Waals surface area (Å²) in [4.78, 5) is 56.7. The number of benzene rings is 1. The number of imidazole rings is 1. The van der Waals surface area contributed by atoms with Crippen LogP contribution in [-0.4, -0.2) is 67.5 Å². The number of carbonyl (C=O) groups excluding carboxylic acids is 2. The molecule has 242 valence electrons. The minimum atomic E-state index is -0.693. The van der Waals surface area contributed by atoms with Crippen molar-refractivity contribution in [1.29, 1.82) is 0 Å². The fraction of sp³-hybridized carbons (Fsp3) is 0.515. The van der Waals surface area contributed by atoms with E-state index in [4.69, 9.17) is 0 Å². The van der Waals surface area contributed by atoms with E-state index in [-0.39, 0.29) is 34.8 Å². The molecule has 4 fully saturated rings. The van der Waals surface area contributed by atoms with E-state index >= 15 is 0 Å². The highest BCUT2D eigenvalue weighted by Crippen LogP contribution is 2.82. The van der Waals surface area contributed by atoms with Crippen molar-refractivity contribution in [2.24, 2.45) is 7.05 Å². The number of imide groups is 1. The number of pyridine rings is 1. The van der Waals surface area contributed by atoms with Crippen molar-refractivity contribution in [1.82, 2.24) is 24.3 Å². The highest BCUT2D eigenvalue weighted by molar-refractivity contribution is 6.00. The molecule has 1 unspecified atom stereocenters. The quantitative estimate of drug-likeness (QED) is 0.191. The van der Waals surface area contributed by atoms with Crippen LogP contribution in [-0.2, 0) is 22.1 Å². The molecule has 4 aliphatic rings. The lowest BCUT2D eigenvalue weighted by Gasteiger charge is -2.37. The van der Waals surface area contributed by atoms with Crippen LogP contribution in [0.25, 0.3) is 11.0 Å². The van der Waals surface area contributed by atoms with Crippen molar-refractivity contribution < 1.29 is 14.5 Å². The molecule has 2 aliphatic carbocycles. The lowest BCUT2D eigenvalue weighted by atomic mass is 10.0. The minimum Gasteiger partial charge on any atom is -0.366 e. The van der Waals surface area contributed by atoms with Gasteiger partial charge in [0.05, 0.1) is 16.7 Å². The second-order valence-corrected chi connectivity index (χ2v) is 11.3. The molecule has 12 heteroatoms. The van der Waals surface area contributed by atoms with Crippen LogP contribution in [0.15, 0.2) is 54.0 Å². The SMILES string of the molecule is C=CC.CC.CC.Cn1c(=O)n(C2CCC(=O)NC2=O)c2cccc(C34CC3(N3CCN(c5ccc([N+](=O)[O-])nc5)CC3)C4)c21. The molecule has 4 heterocycles. The zero-order valence-corrected chi connectivity index (χ0v) is 27.2. The van der Waals surface area contributed by atoms with Gasteiger partial charge in [0, 0.05) is 56.7 Å². The van der Waals surface area contributed by atoms with Gasteiger partial charge >= 0.3 is 11.5 Å². The van der Waals surface area contributed by atoms with E-state index in [1.54, 1.807) is 34.5 Å². The van der Waals surface area contributed by atoms with Crippen molar-refractivity contribution in [2.75, 3.05) is 31.1 Å². The second-order valence-electron chi connectivity index (χ2n) is 11.3. The van der Waals surface area contributed by atoms with Crippen LogP contribution >= 0.6 is 0 Å². The maximum absolute atomic E-state index is 13.3. The molecule has 0 spiro atoms. The third-order valence-corrected chi connectivity index (χ3v) is 9.14. The van der Waals surface area contributed by atoms with Crippen molar-refractivity contribution in [3.8, 4) is 0 Å². The number of aryl methyl sites for hydroxylation is 1. The zero-order valence-electron chi connectivity index (χ0n) is 27.2. The van der Waals surface area contributed by atoms with Crippen LogP contribution in [0.2, 0.25) is 0 Å². The number of rotatable bonds is 5. The standard InChI is InChI=1S/C26H27N7O5.C3H6.2C2H6/c1-29-22-17(3-2-4-18(22)32(24(29)36)19-6-8-21(34)28-23(19)35)25-14-26(25,15-25)31-11-9-30(10-12-31)16-5-7-20(27-13-16)33(37)38;1-3-2;2*1-2/h2-5,7,13,19H,6,8-12,14-15H2,1H3,(H,28,34,35);3H,1H2,2H3;2*1-2H3. The van der Waals surface area contributed by atoms with Gasteiger partial charge in [-0.05, 0) is 53.8 Å². The number of nitrogens with one attached hydrogen (secondary N) is 1. The van der Waals surface area contributed by atoms with Crippen LogP contribution in [0.4, 0.5) is 11.5 Å². The molecule has 1 aromatic carbocycles. The molecule has 1 atom stereocenters. The number of hydrogen-bond donors (Lipinski definition) is 1. The molecule has 7 rings (SSSR count). The van der Waals surface area contributed by atoms with Crippen LogP contribution in [0.3, 0.4) is 0 Å². The van der Waals surface area contributed by atoms with Gasteiger partial charge < -0.3 is 15.0 Å². The Hall–Kier alpha value is -4.32. The lowest BCUT2D eigenvalue weighted by molar-refractivity contribution is -0.389. The van der Waals surface area contributed by atoms with Crippen LogP contribution < -0.4 is 15.9 Å². The van der Waals surface area contributed by atoms with E-state index in [2.05, 4.69) is 32.7 Å². The molecular formula is C33H45N7O5. The first-order chi connectivity index (χ1) is 21.7. The summed E-state index contributed by atoms with van der Waals surface area (Å²) in [6.45, 7) is 16.6. The monoisotopic (exact) mass is 619 g/mol. The average molecular weight is 620 g/mol. The Morgan fingerprint density at radius 3 is 2.24 bits per heavy atom. The summed E-state index contributed by atoms with van der Waals surface area (Å²) in [7, 11) is 1.76. The van der Waals surface area contributed by atoms with Gasteiger partial charge in [0.2, 0.25) is 11.8 Å². The number of para-hydroxylation sites is 1. The number of anilines is 1. The van der Waals surface area contributed by atoms with Gasteiger partial charge in [-0.1, -0.05) is 45.9 Å². The summed E-state index contributed by atoms with van der Waals surface area (Å²) >= 11 is 0. The number of fused-ring (bicyclic) bond motifs is 2. The van der Waals surface area contributed by atoms with Gasteiger partial charge in [-0.15, -0.1) is 6.58 Å². The third kappa shape index (κ3) is 5.67. The number of carbonyl (C=O) groups is 2. The van der Waals surface area contributed by atoms with E-state index in [1.807, 2.05) is 46.8 Å². The fourth-order valence-electron chi connectivity index (χ4n) is 6.95. The highest BCUT2D eigenvalue weighted by atomic mass is 16.6. The van der Waals surface area contributed by atoms with Gasteiger partial charge in [-0.25, -0.2) is 4.79 Å². The van der Waals surface area contributed by atoms with Gasteiger partial charge in [0.15, 0.2) is 6.20 Å². The van der Waals surface area contributed by atoms with Crippen LogP contribution in [0, 0.1) is 10.1 Å². The highest BCUT2D eigenvalue weighted by Gasteiger charge is 2.86. The first-order valence-electron chi connectivity index (χ1n) is 15.9. The number of piperidine rings is 1. The molecule has 2 aromatic heterocycles. The van der Waals surface area contributed by atoms with E-state index in [9.17, 15) is 24.5 Å². The maximum atomic E-state index is 13.3. The Labute approximate surface area is 263 Å². The van der Waals surface area contributed by atoms with E-state index in [1.165, 1.54) is 6.07 Å². The molecule has 0 bridgehead atoms. The smallest absolute Gasteiger partial charge is 0.363 e. The third-order valence-electron chi connectivity index (χ3n) is 9.14. The number of nitro groups is 1. The molecule has 2 amide bonds. The number of nitrogens with zero attached hydrogens (tertiary/aromatic N) is 6. The molecule has 3 aromatic rings. The van der Waals surface area contributed by atoms with Gasteiger partial charge in [0.25, 0.3) is 0 Å². The summed E-state index contributed by atoms with van der Waals surface area (Å²) in [5.41, 5.74) is 3.51. The van der Waals surface area contributed by atoms with Crippen molar-refractivity contribution >= 4 is 34.4 Å². The zero-order chi connectivity index (χ0) is 33.1.